The van der Waals surface area contributed by atoms with E-state index in [1.54, 1.807) is 0 Å². The fourth-order valence-corrected chi connectivity index (χ4v) is 3.68. The van der Waals surface area contributed by atoms with Crippen LogP contribution >= 0.6 is 0 Å². The maximum atomic E-state index is 4.91. The molecule has 0 aliphatic carbocycles. The molecule has 26 heavy (non-hydrogen) atoms. The van der Waals surface area contributed by atoms with Crippen LogP contribution in [0.3, 0.4) is 0 Å². The van der Waals surface area contributed by atoms with Crippen LogP contribution < -0.4 is 0 Å². The van der Waals surface area contributed by atoms with E-state index >= 15 is 0 Å². The molecular weight excluding hydrogens is 314 g/mol. The van der Waals surface area contributed by atoms with Gasteiger partial charge in [0, 0.05) is 16.5 Å². The zero-order chi connectivity index (χ0) is 17.5. The minimum Gasteiger partial charge on any atom is -0.247 e. The smallest absolute Gasteiger partial charge is 0.0782 e. The molecule has 5 rings (SSSR count). The maximum Gasteiger partial charge on any atom is 0.0782 e. The number of fused-ring (bicyclic) bond motifs is 4. The summed E-state index contributed by atoms with van der Waals surface area (Å²) in [7, 11) is 0. The van der Waals surface area contributed by atoms with Gasteiger partial charge in [0.1, 0.15) is 0 Å². The van der Waals surface area contributed by atoms with Crippen molar-refractivity contribution in [2.24, 2.45) is 0 Å². The monoisotopic (exact) mass is 331 g/mol. The van der Waals surface area contributed by atoms with Gasteiger partial charge in [-0.2, -0.15) is 0 Å². The number of benzene rings is 4. The molecule has 1 aromatic heterocycles. The van der Waals surface area contributed by atoms with Gasteiger partial charge in [0.2, 0.25) is 0 Å². The van der Waals surface area contributed by atoms with Crippen molar-refractivity contribution in [3.8, 4) is 11.3 Å². The van der Waals surface area contributed by atoms with Gasteiger partial charge in [0.15, 0.2) is 0 Å². The predicted octanol–water partition coefficient (Wildman–Crippen LogP) is 6.85. The molecule has 1 nitrogen and oxygen atoms in total. The lowest BCUT2D eigenvalue weighted by molar-refractivity contribution is 1.39. The summed E-state index contributed by atoms with van der Waals surface area (Å²) in [5, 5.41) is 6.19. The molecule has 0 atom stereocenters. The van der Waals surface area contributed by atoms with Crippen LogP contribution in [0.15, 0.2) is 91.5 Å². The first-order chi connectivity index (χ1) is 12.8. The minimum absolute atomic E-state index is 0.980. The Hall–Kier alpha value is -3.45. The van der Waals surface area contributed by atoms with Crippen LogP contribution in [0.5, 0.6) is 0 Å². The molecule has 0 aliphatic heterocycles. The lowest BCUT2D eigenvalue weighted by Crippen LogP contribution is -1.90. The zero-order valence-corrected chi connectivity index (χ0v) is 14.3. The molecule has 0 bridgehead atoms. The van der Waals surface area contributed by atoms with Crippen molar-refractivity contribution < 1.29 is 0 Å². The van der Waals surface area contributed by atoms with Crippen molar-refractivity contribution in [2.45, 2.75) is 0 Å². The molecular formula is C25H17N. The molecule has 0 unspecified atom stereocenters. The molecule has 1 heteroatoms. The molecule has 0 spiro atoms. The number of pyridine rings is 1. The first-order valence-electron chi connectivity index (χ1n) is 8.77. The highest BCUT2D eigenvalue weighted by atomic mass is 14.7. The molecule has 122 valence electrons. The van der Waals surface area contributed by atoms with Crippen molar-refractivity contribution in [1.82, 2.24) is 4.98 Å². The Bertz CT molecular complexity index is 1300. The van der Waals surface area contributed by atoms with E-state index < -0.39 is 0 Å². The average molecular weight is 331 g/mol. The highest BCUT2D eigenvalue weighted by Gasteiger charge is 2.09. The molecule has 0 saturated carbocycles. The fourth-order valence-electron chi connectivity index (χ4n) is 3.68. The second kappa shape index (κ2) is 5.82. The van der Waals surface area contributed by atoms with E-state index in [2.05, 4.69) is 79.4 Å². The summed E-state index contributed by atoms with van der Waals surface area (Å²) in [6.07, 6.45) is 1.89. The second-order valence-electron chi connectivity index (χ2n) is 6.55. The summed E-state index contributed by atoms with van der Waals surface area (Å²) in [6.45, 7) is 3.99. The fraction of sp³-hybridized carbons (Fsp3) is 0. The van der Waals surface area contributed by atoms with Crippen molar-refractivity contribution in [3.63, 3.8) is 0 Å². The van der Waals surface area contributed by atoms with E-state index in [1.165, 1.54) is 21.5 Å². The molecule has 0 saturated heterocycles. The number of aromatic nitrogens is 1. The highest BCUT2D eigenvalue weighted by molar-refractivity contribution is 6.08. The Morgan fingerprint density at radius 3 is 2.27 bits per heavy atom. The second-order valence-corrected chi connectivity index (χ2v) is 6.55. The maximum absolute atomic E-state index is 4.91. The van der Waals surface area contributed by atoms with Gasteiger partial charge >= 0.3 is 0 Å². The SMILES string of the molecule is C=Cc1cc2ccccc2nc1-c1ccc2c(ccc3ccccc32)c1. The number of rotatable bonds is 2. The van der Waals surface area contributed by atoms with E-state index in [9.17, 15) is 0 Å². The van der Waals surface area contributed by atoms with Crippen LogP contribution in [0.25, 0.3) is 49.8 Å². The summed E-state index contributed by atoms with van der Waals surface area (Å²) in [5.41, 5.74) is 4.16. The van der Waals surface area contributed by atoms with Gasteiger partial charge in [-0.1, -0.05) is 79.4 Å². The van der Waals surface area contributed by atoms with Crippen LogP contribution in [0.1, 0.15) is 5.56 Å². The molecule has 1 heterocycles. The normalized spacial score (nSPS) is 11.2. The van der Waals surface area contributed by atoms with Crippen molar-refractivity contribution >= 4 is 38.5 Å². The number of para-hydroxylation sites is 1. The summed E-state index contributed by atoms with van der Waals surface area (Å²) in [4.78, 5) is 4.91. The Morgan fingerprint density at radius 2 is 1.38 bits per heavy atom. The first-order valence-corrected chi connectivity index (χ1v) is 8.77. The van der Waals surface area contributed by atoms with Gasteiger partial charge in [0.25, 0.3) is 0 Å². The topological polar surface area (TPSA) is 12.9 Å². The molecule has 4 aromatic carbocycles. The standard InChI is InChI=1S/C25H17N/c1-2-17-15-20-8-4-6-10-24(20)26-25(17)21-13-14-23-19(16-21)12-11-18-7-3-5-9-22(18)23/h2-16H,1H2. The third kappa shape index (κ3) is 2.29. The molecule has 0 fully saturated rings. The number of nitrogens with zero attached hydrogens (tertiary/aromatic N) is 1. The largest absolute Gasteiger partial charge is 0.247 e. The summed E-state index contributed by atoms with van der Waals surface area (Å²) in [6, 6.07) is 29.9. The minimum atomic E-state index is 0.980. The third-order valence-electron chi connectivity index (χ3n) is 4.99. The number of hydrogen-bond donors (Lipinski definition) is 0. The summed E-state index contributed by atoms with van der Waals surface area (Å²) in [5.74, 6) is 0. The third-order valence-corrected chi connectivity index (χ3v) is 4.99. The van der Waals surface area contributed by atoms with Crippen LogP contribution in [-0.4, -0.2) is 4.98 Å². The van der Waals surface area contributed by atoms with Gasteiger partial charge in [-0.05, 0) is 39.7 Å². The summed E-state index contributed by atoms with van der Waals surface area (Å²) < 4.78 is 0. The molecule has 0 radical (unpaired) electrons. The number of hydrogen-bond acceptors (Lipinski definition) is 1. The van der Waals surface area contributed by atoms with Gasteiger partial charge in [-0.3, -0.25) is 0 Å². The van der Waals surface area contributed by atoms with E-state index in [4.69, 9.17) is 4.98 Å². The zero-order valence-electron chi connectivity index (χ0n) is 14.3. The quantitative estimate of drug-likeness (QED) is 0.322. The van der Waals surface area contributed by atoms with Crippen molar-refractivity contribution in [3.05, 3.63) is 97.1 Å². The lowest BCUT2D eigenvalue weighted by Gasteiger charge is -2.10. The highest BCUT2D eigenvalue weighted by Crippen LogP contribution is 2.31. The van der Waals surface area contributed by atoms with Crippen LogP contribution in [0.4, 0.5) is 0 Å². The Labute approximate surface area is 152 Å². The van der Waals surface area contributed by atoms with E-state index in [-0.39, 0.29) is 0 Å². The van der Waals surface area contributed by atoms with E-state index in [0.29, 0.717) is 0 Å². The Balaban J connectivity index is 1.77. The van der Waals surface area contributed by atoms with Gasteiger partial charge < -0.3 is 0 Å². The van der Waals surface area contributed by atoms with Crippen LogP contribution in [0.2, 0.25) is 0 Å². The Morgan fingerprint density at radius 1 is 0.654 bits per heavy atom. The first kappa shape index (κ1) is 14.9. The van der Waals surface area contributed by atoms with Gasteiger partial charge in [-0.15, -0.1) is 0 Å². The van der Waals surface area contributed by atoms with Crippen molar-refractivity contribution in [2.75, 3.05) is 0 Å². The molecule has 0 N–H and O–H groups in total. The Kier molecular flexibility index (Phi) is 3.32. The predicted molar refractivity (Wildman–Crippen MR) is 112 cm³/mol. The van der Waals surface area contributed by atoms with Crippen LogP contribution in [-0.2, 0) is 0 Å². The summed E-state index contributed by atoms with van der Waals surface area (Å²) >= 11 is 0. The molecule has 5 aromatic rings. The van der Waals surface area contributed by atoms with Gasteiger partial charge in [-0.25, -0.2) is 4.98 Å². The van der Waals surface area contributed by atoms with Crippen LogP contribution in [0, 0.1) is 0 Å². The lowest BCUT2D eigenvalue weighted by atomic mass is 9.97. The average Bonchev–Trinajstić information content (AvgIpc) is 2.72. The van der Waals surface area contributed by atoms with Gasteiger partial charge in [0.05, 0.1) is 11.2 Å². The molecule has 0 amide bonds. The van der Waals surface area contributed by atoms with E-state index in [0.717, 1.165) is 27.7 Å². The van der Waals surface area contributed by atoms with Crippen molar-refractivity contribution in [1.29, 1.82) is 0 Å². The van der Waals surface area contributed by atoms with E-state index in [1.807, 2.05) is 18.2 Å². The molecule has 0 aliphatic rings.